The third-order valence-corrected chi connectivity index (χ3v) is 2.60. The zero-order valence-electron chi connectivity index (χ0n) is 10.3. The van der Waals surface area contributed by atoms with Crippen molar-refractivity contribution in [2.24, 2.45) is 0 Å². The highest BCUT2D eigenvalue weighted by Crippen LogP contribution is 2.22. The molecule has 0 N–H and O–H groups in total. The lowest BCUT2D eigenvalue weighted by molar-refractivity contribution is -0.339. The van der Waals surface area contributed by atoms with Crippen molar-refractivity contribution in [1.82, 2.24) is 0 Å². The van der Waals surface area contributed by atoms with E-state index in [1.165, 1.54) is 6.07 Å². The molecule has 0 saturated carbocycles. The van der Waals surface area contributed by atoms with Crippen LogP contribution in [-0.2, 0) is 20.3 Å². The molecule has 0 atom stereocenters. The molecular weight excluding hydrogens is 258 g/mol. The van der Waals surface area contributed by atoms with Gasteiger partial charge < -0.3 is 13.9 Å². The Bertz CT molecular complexity index is 382. The predicted octanol–water partition coefficient (Wildman–Crippen LogP) is 2.33. The van der Waals surface area contributed by atoms with Crippen molar-refractivity contribution in [2.45, 2.75) is 26.2 Å². The highest BCUT2D eigenvalue weighted by Gasteiger charge is 2.31. The molecule has 0 unspecified atom stereocenters. The maximum absolute atomic E-state index is 13.1. The second-order valence-electron chi connectivity index (χ2n) is 3.58. The average molecular weight is 273 g/mol. The van der Waals surface area contributed by atoms with Gasteiger partial charge in [-0.15, -0.1) is 0 Å². The molecule has 0 fully saturated rings. The molecular formula is C12H15F2O3Si. The Kier molecular flexibility index (Phi) is 5.87. The van der Waals surface area contributed by atoms with Gasteiger partial charge in [-0.05, 0) is 31.5 Å². The number of hydrogen-bond acceptors (Lipinski definition) is 3. The number of hydrogen-bond donors (Lipinski definition) is 0. The van der Waals surface area contributed by atoms with E-state index in [0.29, 0.717) is 18.8 Å². The second-order valence-corrected chi connectivity index (χ2v) is 3.78. The van der Waals surface area contributed by atoms with Crippen LogP contribution >= 0.6 is 0 Å². The molecule has 6 heteroatoms. The van der Waals surface area contributed by atoms with Gasteiger partial charge in [-0.25, -0.2) is 8.78 Å². The first kappa shape index (κ1) is 15.2. The summed E-state index contributed by atoms with van der Waals surface area (Å²) in [6, 6.07) is 3.60. The standard InChI is InChI=1S/C12H15F2O3Si/c1-3-15-12(17-18,16-4-2)8-9-5-6-10(13)11(14)7-9/h5-7H,3-4,8H2,1-2H3. The van der Waals surface area contributed by atoms with E-state index in [9.17, 15) is 8.78 Å². The number of benzene rings is 1. The van der Waals surface area contributed by atoms with Crippen LogP contribution in [0.5, 0.6) is 0 Å². The van der Waals surface area contributed by atoms with Gasteiger partial charge in [0.1, 0.15) is 0 Å². The summed E-state index contributed by atoms with van der Waals surface area (Å²) in [5.74, 6) is -3.15. The Balaban J connectivity index is 2.90. The van der Waals surface area contributed by atoms with Gasteiger partial charge in [0.25, 0.3) is 16.5 Å². The van der Waals surface area contributed by atoms with Gasteiger partial charge in [-0.2, -0.15) is 0 Å². The Labute approximate surface area is 109 Å². The highest BCUT2D eigenvalue weighted by atomic mass is 28.2. The zero-order valence-corrected chi connectivity index (χ0v) is 11.3. The van der Waals surface area contributed by atoms with Crippen molar-refractivity contribution in [1.29, 1.82) is 0 Å². The fourth-order valence-electron chi connectivity index (χ4n) is 1.58. The molecule has 3 nitrogen and oxygen atoms in total. The van der Waals surface area contributed by atoms with Crippen molar-refractivity contribution < 1.29 is 22.7 Å². The first-order valence-electron chi connectivity index (χ1n) is 5.63. The molecule has 0 aliphatic carbocycles. The molecule has 3 radical (unpaired) electrons. The third-order valence-electron chi connectivity index (χ3n) is 2.29. The second kappa shape index (κ2) is 6.94. The SMILES string of the molecule is CCOC(Cc1ccc(F)c(F)c1)(O[Si])OCC. The van der Waals surface area contributed by atoms with E-state index in [1.807, 2.05) is 0 Å². The topological polar surface area (TPSA) is 27.7 Å². The monoisotopic (exact) mass is 273 g/mol. The van der Waals surface area contributed by atoms with Crippen LogP contribution in [0.4, 0.5) is 8.78 Å². The predicted molar refractivity (Wildman–Crippen MR) is 62.9 cm³/mol. The molecule has 1 aromatic carbocycles. The van der Waals surface area contributed by atoms with Crippen molar-refractivity contribution in [2.75, 3.05) is 13.2 Å². The third kappa shape index (κ3) is 3.84. The van der Waals surface area contributed by atoms with Crippen molar-refractivity contribution in [3.05, 3.63) is 35.4 Å². The van der Waals surface area contributed by atoms with Crippen LogP contribution in [0, 0.1) is 11.6 Å². The van der Waals surface area contributed by atoms with Gasteiger partial charge in [0.15, 0.2) is 11.6 Å². The fraction of sp³-hybridized carbons (Fsp3) is 0.500. The smallest absolute Gasteiger partial charge is 0.277 e. The minimum absolute atomic E-state index is 0.134. The molecule has 0 heterocycles. The van der Waals surface area contributed by atoms with Crippen LogP contribution < -0.4 is 0 Å². The first-order valence-corrected chi connectivity index (χ1v) is 6.04. The molecule has 1 rings (SSSR count). The largest absolute Gasteiger partial charge is 0.371 e. The van der Waals surface area contributed by atoms with E-state index in [1.54, 1.807) is 13.8 Å². The molecule has 0 aromatic heterocycles. The highest BCUT2D eigenvalue weighted by molar-refractivity contribution is 5.98. The zero-order chi connectivity index (χ0) is 13.6. The average Bonchev–Trinajstić information content (AvgIpc) is 2.34. The normalized spacial score (nSPS) is 11.8. The lowest BCUT2D eigenvalue weighted by Gasteiger charge is -2.31. The van der Waals surface area contributed by atoms with E-state index in [4.69, 9.17) is 13.9 Å². The van der Waals surface area contributed by atoms with Gasteiger partial charge in [0.2, 0.25) is 0 Å². The molecule has 99 valence electrons. The molecule has 18 heavy (non-hydrogen) atoms. The van der Waals surface area contributed by atoms with Crippen LogP contribution in [0.3, 0.4) is 0 Å². The Morgan fingerprint density at radius 2 is 1.72 bits per heavy atom. The molecule has 0 aliphatic heterocycles. The van der Waals surface area contributed by atoms with Crippen molar-refractivity contribution in [3.63, 3.8) is 0 Å². The summed E-state index contributed by atoms with van der Waals surface area (Å²) in [7, 11) is 2.90. The van der Waals surface area contributed by atoms with Gasteiger partial charge in [-0.3, -0.25) is 0 Å². The lowest BCUT2D eigenvalue weighted by atomic mass is 10.1. The van der Waals surface area contributed by atoms with E-state index in [0.717, 1.165) is 12.1 Å². The quantitative estimate of drug-likeness (QED) is 0.564. The summed E-state index contributed by atoms with van der Waals surface area (Å²) in [5.41, 5.74) is 0.508. The lowest BCUT2D eigenvalue weighted by Crippen LogP contribution is -2.41. The summed E-state index contributed by atoms with van der Waals surface area (Å²) in [4.78, 5) is 0. The fourth-order valence-corrected chi connectivity index (χ4v) is 1.77. The number of halogens is 2. The molecule has 0 bridgehead atoms. The van der Waals surface area contributed by atoms with Crippen molar-refractivity contribution in [3.8, 4) is 0 Å². The maximum atomic E-state index is 13.1. The Morgan fingerprint density at radius 3 is 2.17 bits per heavy atom. The minimum Gasteiger partial charge on any atom is -0.371 e. The van der Waals surface area contributed by atoms with Gasteiger partial charge >= 0.3 is 0 Å². The molecule has 0 aliphatic rings. The van der Waals surface area contributed by atoms with E-state index in [2.05, 4.69) is 10.5 Å². The van der Waals surface area contributed by atoms with Crippen LogP contribution in [0.15, 0.2) is 18.2 Å². The van der Waals surface area contributed by atoms with Gasteiger partial charge in [0, 0.05) is 13.2 Å². The van der Waals surface area contributed by atoms with E-state index >= 15 is 0 Å². The summed E-state index contributed by atoms with van der Waals surface area (Å²) in [6.45, 7) is 4.27. The molecule has 1 aromatic rings. The number of rotatable bonds is 7. The van der Waals surface area contributed by atoms with Crippen LogP contribution in [0.2, 0.25) is 0 Å². The summed E-state index contributed by atoms with van der Waals surface area (Å²) >= 11 is 0. The van der Waals surface area contributed by atoms with E-state index in [-0.39, 0.29) is 6.42 Å². The first-order chi connectivity index (χ1) is 8.56. The van der Waals surface area contributed by atoms with Gasteiger partial charge in [-0.1, -0.05) is 6.07 Å². The molecule has 0 spiro atoms. The van der Waals surface area contributed by atoms with E-state index < -0.39 is 17.6 Å². The Hall–Kier alpha value is -0.823. The minimum atomic E-state index is -1.34. The number of ether oxygens (including phenoxy) is 2. The van der Waals surface area contributed by atoms with Crippen LogP contribution in [0.25, 0.3) is 0 Å². The molecule has 0 amide bonds. The van der Waals surface area contributed by atoms with Crippen molar-refractivity contribution >= 4 is 10.5 Å². The maximum Gasteiger partial charge on any atom is 0.277 e. The summed E-state index contributed by atoms with van der Waals surface area (Å²) in [5, 5.41) is 0. The summed E-state index contributed by atoms with van der Waals surface area (Å²) in [6.07, 6.45) is 0.134. The van der Waals surface area contributed by atoms with Crippen LogP contribution in [0.1, 0.15) is 19.4 Å². The summed E-state index contributed by atoms with van der Waals surface area (Å²) < 4.78 is 41.8. The molecule has 0 saturated heterocycles. The van der Waals surface area contributed by atoms with Gasteiger partial charge in [0.05, 0.1) is 6.42 Å². The van der Waals surface area contributed by atoms with Crippen LogP contribution in [-0.4, -0.2) is 29.7 Å². The Morgan fingerprint density at radius 1 is 1.11 bits per heavy atom.